The average molecular weight is 457 g/mol. The highest BCUT2D eigenvalue weighted by Gasteiger charge is 2.32. The van der Waals surface area contributed by atoms with Crippen molar-refractivity contribution in [2.45, 2.75) is 35.4 Å². The van der Waals surface area contributed by atoms with Crippen molar-refractivity contribution in [3.05, 3.63) is 24.3 Å². The lowest BCUT2D eigenvalue weighted by molar-refractivity contribution is -0.120. The number of sulfonamides is 1. The molecule has 1 aliphatic heterocycles. The minimum absolute atomic E-state index is 0.130. The van der Waals surface area contributed by atoms with Gasteiger partial charge in [0, 0.05) is 24.8 Å². The number of amides is 1. The van der Waals surface area contributed by atoms with E-state index in [1.807, 2.05) is 0 Å². The number of methoxy groups -OCH3 is 1. The fourth-order valence-corrected chi connectivity index (χ4v) is 6.12. The summed E-state index contributed by atoms with van der Waals surface area (Å²) < 4.78 is 33.0. The van der Waals surface area contributed by atoms with Crippen LogP contribution in [0.3, 0.4) is 0 Å². The Morgan fingerprint density at radius 3 is 2.59 bits per heavy atom. The van der Waals surface area contributed by atoms with Gasteiger partial charge in [-0.3, -0.25) is 4.79 Å². The SMILES string of the molecule is CCCSc1nnc(NC(=O)C2CCN(S(=O)(=O)c3ccc(OC)cc3)CC2)s1. The number of nitrogens with zero attached hydrogens (tertiary/aromatic N) is 3. The van der Waals surface area contributed by atoms with Crippen molar-refractivity contribution in [2.24, 2.45) is 5.92 Å². The molecule has 0 aliphatic carbocycles. The predicted molar refractivity (Wildman–Crippen MR) is 114 cm³/mol. The molecule has 1 aliphatic rings. The van der Waals surface area contributed by atoms with E-state index in [2.05, 4.69) is 22.4 Å². The third-order valence-electron chi connectivity index (χ3n) is 4.59. The van der Waals surface area contributed by atoms with Gasteiger partial charge in [0.05, 0.1) is 12.0 Å². The van der Waals surface area contributed by atoms with Crippen LogP contribution in [0, 0.1) is 5.92 Å². The summed E-state index contributed by atoms with van der Waals surface area (Å²) in [6, 6.07) is 6.33. The third-order valence-corrected chi connectivity index (χ3v) is 8.68. The van der Waals surface area contributed by atoms with Gasteiger partial charge in [0.15, 0.2) is 4.34 Å². The predicted octanol–water partition coefficient (Wildman–Crippen LogP) is 3.09. The largest absolute Gasteiger partial charge is 0.497 e. The maximum absolute atomic E-state index is 12.8. The van der Waals surface area contributed by atoms with E-state index in [0.717, 1.165) is 16.5 Å². The molecular weight excluding hydrogens is 432 g/mol. The van der Waals surface area contributed by atoms with Crippen molar-refractivity contribution in [2.75, 3.05) is 31.3 Å². The van der Waals surface area contributed by atoms with Crippen molar-refractivity contribution in [1.29, 1.82) is 0 Å². The van der Waals surface area contributed by atoms with Crippen LogP contribution in [0.5, 0.6) is 5.75 Å². The van der Waals surface area contributed by atoms with Crippen molar-refractivity contribution in [3.8, 4) is 5.75 Å². The summed E-state index contributed by atoms with van der Waals surface area (Å²) in [7, 11) is -2.04. The summed E-state index contributed by atoms with van der Waals surface area (Å²) in [6.07, 6.45) is 1.98. The number of aromatic nitrogens is 2. The van der Waals surface area contributed by atoms with Crippen LogP contribution in [0.15, 0.2) is 33.5 Å². The van der Waals surface area contributed by atoms with Gasteiger partial charge in [0.25, 0.3) is 0 Å². The smallest absolute Gasteiger partial charge is 0.243 e. The second-order valence-electron chi connectivity index (χ2n) is 6.56. The molecule has 158 valence electrons. The van der Waals surface area contributed by atoms with Gasteiger partial charge in [-0.25, -0.2) is 8.42 Å². The lowest BCUT2D eigenvalue weighted by Crippen LogP contribution is -2.41. The van der Waals surface area contributed by atoms with E-state index in [1.54, 1.807) is 23.9 Å². The Kier molecular flexibility index (Phi) is 7.49. The molecule has 0 unspecified atom stereocenters. The number of thioether (sulfide) groups is 1. The zero-order chi connectivity index (χ0) is 20.9. The number of benzene rings is 1. The van der Waals surface area contributed by atoms with E-state index in [0.29, 0.717) is 36.8 Å². The Hall–Kier alpha value is -1.69. The number of carbonyl (C=O) groups is 1. The summed E-state index contributed by atoms with van der Waals surface area (Å²) in [5.41, 5.74) is 0. The number of carbonyl (C=O) groups excluding carboxylic acids is 1. The molecule has 29 heavy (non-hydrogen) atoms. The van der Waals surface area contributed by atoms with Crippen LogP contribution in [-0.2, 0) is 14.8 Å². The zero-order valence-electron chi connectivity index (χ0n) is 16.3. The molecule has 1 aromatic heterocycles. The fourth-order valence-electron chi connectivity index (χ4n) is 2.97. The first-order chi connectivity index (χ1) is 13.9. The number of piperidine rings is 1. The van der Waals surface area contributed by atoms with Gasteiger partial charge in [-0.2, -0.15) is 4.31 Å². The number of ether oxygens (including phenoxy) is 1. The molecule has 1 fully saturated rings. The Morgan fingerprint density at radius 2 is 1.97 bits per heavy atom. The van der Waals surface area contributed by atoms with E-state index in [4.69, 9.17) is 4.74 Å². The first kappa shape index (κ1) is 22.0. The normalized spacial score (nSPS) is 15.9. The lowest BCUT2D eigenvalue weighted by atomic mass is 9.97. The molecule has 8 nitrogen and oxygen atoms in total. The summed E-state index contributed by atoms with van der Waals surface area (Å²) in [5.74, 6) is 1.19. The molecular formula is C18H24N4O4S3. The van der Waals surface area contributed by atoms with E-state index < -0.39 is 10.0 Å². The number of nitrogens with one attached hydrogen (secondary N) is 1. The van der Waals surface area contributed by atoms with Crippen molar-refractivity contribution in [3.63, 3.8) is 0 Å². The van der Waals surface area contributed by atoms with E-state index in [-0.39, 0.29) is 16.7 Å². The fraction of sp³-hybridized carbons (Fsp3) is 0.500. The quantitative estimate of drug-likeness (QED) is 0.481. The van der Waals surface area contributed by atoms with Gasteiger partial charge in [0.1, 0.15) is 5.75 Å². The molecule has 1 N–H and O–H groups in total. The van der Waals surface area contributed by atoms with Crippen molar-refractivity contribution >= 4 is 44.2 Å². The molecule has 2 aromatic rings. The monoisotopic (exact) mass is 456 g/mol. The average Bonchev–Trinajstić information content (AvgIpc) is 3.19. The van der Waals surface area contributed by atoms with Crippen LogP contribution in [-0.4, -0.2) is 54.8 Å². The molecule has 1 amide bonds. The second-order valence-corrected chi connectivity index (χ2v) is 10.8. The van der Waals surface area contributed by atoms with Gasteiger partial charge in [-0.05, 0) is 43.5 Å². The minimum atomic E-state index is -3.58. The van der Waals surface area contributed by atoms with E-state index in [1.165, 1.54) is 34.9 Å². The van der Waals surface area contributed by atoms with Gasteiger partial charge in [0.2, 0.25) is 21.1 Å². The number of hydrogen-bond acceptors (Lipinski definition) is 8. The summed E-state index contributed by atoms with van der Waals surface area (Å²) in [6.45, 7) is 2.71. The van der Waals surface area contributed by atoms with Crippen LogP contribution >= 0.6 is 23.1 Å². The number of rotatable bonds is 8. The first-order valence-corrected chi connectivity index (χ1v) is 12.6. The van der Waals surface area contributed by atoms with Crippen molar-refractivity contribution < 1.29 is 17.9 Å². The molecule has 0 saturated carbocycles. The standard InChI is InChI=1S/C18H24N4O4S3/c1-3-12-27-18-21-20-17(28-18)19-16(23)13-8-10-22(11-9-13)29(24,25)15-6-4-14(26-2)5-7-15/h4-7,13H,3,8-12H2,1-2H3,(H,19,20,23). The van der Waals surface area contributed by atoms with Crippen LogP contribution < -0.4 is 10.1 Å². The Bertz CT molecular complexity index is 923. The van der Waals surface area contributed by atoms with Gasteiger partial charge in [-0.1, -0.05) is 30.0 Å². The van der Waals surface area contributed by atoms with Gasteiger partial charge in [-0.15, -0.1) is 10.2 Å². The minimum Gasteiger partial charge on any atom is -0.497 e. The van der Waals surface area contributed by atoms with Crippen LogP contribution in [0.2, 0.25) is 0 Å². The molecule has 0 radical (unpaired) electrons. The molecule has 2 heterocycles. The second kappa shape index (κ2) is 9.88. The maximum atomic E-state index is 12.8. The molecule has 1 saturated heterocycles. The molecule has 0 spiro atoms. The molecule has 0 atom stereocenters. The summed E-state index contributed by atoms with van der Waals surface area (Å²) >= 11 is 2.98. The lowest BCUT2D eigenvalue weighted by Gasteiger charge is -2.30. The highest BCUT2D eigenvalue weighted by atomic mass is 32.2. The topological polar surface area (TPSA) is 101 Å². The van der Waals surface area contributed by atoms with Gasteiger partial charge < -0.3 is 10.1 Å². The van der Waals surface area contributed by atoms with Crippen molar-refractivity contribution in [1.82, 2.24) is 14.5 Å². The molecule has 0 bridgehead atoms. The van der Waals surface area contributed by atoms with Crippen LogP contribution in [0.1, 0.15) is 26.2 Å². The Balaban J connectivity index is 1.55. The zero-order valence-corrected chi connectivity index (χ0v) is 18.8. The highest BCUT2D eigenvalue weighted by molar-refractivity contribution is 8.01. The van der Waals surface area contributed by atoms with Gasteiger partial charge >= 0.3 is 0 Å². The molecule has 11 heteroatoms. The first-order valence-electron chi connectivity index (χ1n) is 9.35. The highest BCUT2D eigenvalue weighted by Crippen LogP contribution is 2.28. The molecule has 3 rings (SSSR count). The van der Waals surface area contributed by atoms with E-state index in [9.17, 15) is 13.2 Å². The summed E-state index contributed by atoms with van der Waals surface area (Å²) in [5, 5.41) is 11.4. The van der Waals surface area contributed by atoms with Crippen LogP contribution in [0.25, 0.3) is 0 Å². The maximum Gasteiger partial charge on any atom is 0.243 e. The number of hydrogen-bond donors (Lipinski definition) is 1. The third kappa shape index (κ3) is 5.47. The Labute approximate surface area is 179 Å². The molecule has 1 aromatic carbocycles. The summed E-state index contributed by atoms with van der Waals surface area (Å²) in [4.78, 5) is 12.8. The van der Waals surface area contributed by atoms with Crippen LogP contribution in [0.4, 0.5) is 5.13 Å². The van der Waals surface area contributed by atoms with E-state index >= 15 is 0 Å². The number of anilines is 1. The Morgan fingerprint density at radius 1 is 1.28 bits per heavy atom.